The van der Waals surface area contributed by atoms with Gasteiger partial charge in [0, 0.05) is 36.7 Å². The predicted octanol–water partition coefficient (Wildman–Crippen LogP) is 4.20. The number of fused-ring (bicyclic) bond motifs is 2. The lowest BCUT2D eigenvalue weighted by Crippen LogP contribution is -2.51. The molecule has 2 atom stereocenters. The molecule has 3 aliphatic rings. The number of hydrogen-bond acceptors (Lipinski definition) is 9. The van der Waals surface area contributed by atoms with Gasteiger partial charge in [-0.3, -0.25) is 24.3 Å². The number of imide groups is 1. The summed E-state index contributed by atoms with van der Waals surface area (Å²) in [6.45, 7) is 8.47. The fourth-order valence-electron chi connectivity index (χ4n) is 5.27. The van der Waals surface area contributed by atoms with Crippen molar-refractivity contribution >= 4 is 44.8 Å². The van der Waals surface area contributed by atoms with Crippen molar-refractivity contribution in [2.24, 2.45) is 17.3 Å². The summed E-state index contributed by atoms with van der Waals surface area (Å²) < 4.78 is 33.4. The van der Waals surface area contributed by atoms with Crippen molar-refractivity contribution in [2.75, 3.05) is 18.4 Å². The number of carbonyl (C=O) groups excluding carboxylic acids is 3. The molecule has 3 aromatic heterocycles. The van der Waals surface area contributed by atoms with E-state index < -0.39 is 12.0 Å². The summed E-state index contributed by atoms with van der Waals surface area (Å²) in [6, 6.07) is 8.14. The zero-order valence-electron chi connectivity index (χ0n) is 22.7. The number of nitrogens with zero attached hydrogens (tertiary/aromatic N) is 4. The first-order valence-corrected chi connectivity index (χ1v) is 13.8. The molecule has 6 rings (SSSR count). The summed E-state index contributed by atoms with van der Waals surface area (Å²) >= 11 is 1.52. The molecule has 214 valence electrons. The van der Waals surface area contributed by atoms with Crippen molar-refractivity contribution in [1.82, 2.24) is 20.2 Å². The number of thiophene rings is 1. The highest BCUT2D eigenvalue weighted by molar-refractivity contribution is 7.19. The number of Topliss-reactive ketones (excluding diaryl/α,β-unsaturated/α-hetero) is 1. The van der Waals surface area contributed by atoms with E-state index in [1.165, 1.54) is 16.2 Å². The third kappa shape index (κ3) is 5.17. The van der Waals surface area contributed by atoms with E-state index in [9.17, 15) is 32.8 Å². The van der Waals surface area contributed by atoms with E-state index in [1.807, 2.05) is 32.9 Å². The molecule has 41 heavy (non-hydrogen) atoms. The predicted molar refractivity (Wildman–Crippen MR) is 146 cm³/mol. The number of hydrogen-bond donors (Lipinski definition) is 2. The second kappa shape index (κ2) is 10.2. The van der Waals surface area contributed by atoms with Crippen LogP contribution in [0.1, 0.15) is 36.9 Å². The highest BCUT2D eigenvalue weighted by atomic mass is 32.1. The number of pyridine rings is 2. The van der Waals surface area contributed by atoms with Crippen LogP contribution in [0.15, 0.2) is 24.4 Å². The Hall–Kier alpha value is -3.89. The Balaban J connectivity index is 0.000000431. The Labute approximate surface area is 237 Å². The summed E-state index contributed by atoms with van der Waals surface area (Å²) in [5.41, 5.74) is 4.43. The van der Waals surface area contributed by atoms with E-state index in [2.05, 4.69) is 26.7 Å². The van der Waals surface area contributed by atoms with Crippen LogP contribution < -0.4 is 10.6 Å². The number of aromatic nitrogens is 2. The zero-order chi connectivity index (χ0) is 29.9. The van der Waals surface area contributed by atoms with E-state index in [0.717, 1.165) is 50.7 Å². The van der Waals surface area contributed by atoms with Gasteiger partial charge in [-0.2, -0.15) is 18.4 Å². The van der Waals surface area contributed by atoms with Crippen molar-refractivity contribution in [1.29, 1.82) is 5.26 Å². The summed E-state index contributed by atoms with van der Waals surface area (Å²) in [6.07, 6.45) is -2.90. The standard InChI is InChI=1S/C25H24N6O2S.C3H3F3O/c1-12-6-13(8-26)29-21(20(12)30-14-9-27-10-14)16-4-5-28-17-7-15(34-22(16)17)11-31-23(32)18-19(24(31)33)25(18,2)3;1-2(7)3(4,5)6/h4-7,14,18-19,27,30H,9-11H2,1-3H3;1H3. The number of piperidine rings is 1. The molecule has 2 N–H and O–H groups in total. The third-order valence-corrected chi connectivity index (χ3v) is 8.93. The smallest absolute Gasteiger partial charge is 0.378 e. The van der Waals surface area contributed by atoms with Crippen LogP contribution in [0.25, 0.3) is 21.5 Å². The summed E-state index contributed by atoms with van der Waals surface area (Å²) in [5, 5.41) is 16.4. The molecule has 0 radical (unpaired) electrons. The fraction of sp³-hybridized carbons (Fsp3) is 0.429. The molecule has 0 spiro atoms. The molecule has 0 bridgehead atoms. The van der Waals surface area contributed by atoms with Crippen LogP contribution >= 0.6 is 11.3 Å². The molecule has 5 heterocycles. The normalized spacial score (nSPS) is 21.1. The number of alkyl halides is 3. The molecular formula is C28H27F3N6O3S. The average molecular weight is 585 g/mol. The number of aryl methyl sites for hydroxylation is 1. The van der Waals surface area contributed by atoms with Crippen LogP contribution in [-0.2, 0) is 20.9 Å². The Morgan fingerprint density at radius 2 is 1.88 bits per heavy atom. The van der Waals surface area contributed by atoms with Gasteiger partial charge in [0.15, 0.2) is 0 Å². The van der Waals surface area contributed by atoms with E-state index in [1.54, 1.807) is 12.3 Å². The largest absolute Gasteiger partial charge is 0.449 e. The van der Waals surface area contributed by atoms with Crippen molar-refractivity contribution in [3.05, 3.63) is 40.5 Å². The minimum atomic E-state index is -4.64. The molecule has 9 nitrogen and oxygen atoms in total. The van der Waals surface area contributed by atoms with E-state index in [0.29, 0.717) is 18.7 Å². The van der Waals surface area contributed by atoms with Crippen LogP contribution in [0.2, 0.25) is 0 Å². The summed E-state index contributed by atoms with van der Waals surface area (Å²) in [4.78, 5) is 46.5. The zero-order valence-corrected chi connectivity index (χ0v) is 23.5. The molecule has 2 amide bonds. The Bertz CT molecular complexity index is 1600. The molecule has 2 unspecified atom stereocenters. The lowest BCUT2D eigenvalue weighted by Gasteiger charge is -2.30. The third-order valence-electron chi connectivity index (χ3n) is 7.78. The van der Waals surface area contributed by atoms with Crippen LogP contribution in [0.5, 0.6) is 0 Å². The van der Waals surface area contributed by atoms with Gasteiger partial charge in [-0.1, -0.05) is 13.8 Å². The van der Waals surface area contributed by atoms with Crippen LogP contribution in [-0.4, -0.2) is 57.8 Å². The first-order valence-electron chi connectivity index (χ1n) is 12.9. The molecule has 2 saturated heterocycles. The van der Waals surface area contributed by atoms with Gasteiger partial charge >= 0.3 is 6.18 Å². The molecular weight excluding hydrogens is 557 g/mol. The van der Waals surface area contributed by atoms with Crippen molar-refractivity contribution in [3.63, 3.8) is 0 Å². The second-order valence-corrected chi connectivity index (χ2v) is 12.2. The summed E-state index contributed by atoms with van der Waals surface area (Å²) in [5.74, 6) is -2.25. The van der Waals surface area contributed by atoms with Gasteiger partial charge in [0.1, 0.15) is 11.8 Å². The number of likely N-dealkylation sites (tertiary alicyclic amines) is 1. The number of amides is 2. The van der Waals surface area contributed by atoms with Gasteiger partial charge in [-0.15, -0.1) is 11.3 Å². The van der Waals surface area contributed by atoms with Crippen LogP contribution in [0, 0.1) is 35.5 Å². The number of nitriles is 1. The van der Waals surface area contributed by atoms with Gasteiger partial charge in [0.05, 0.1) is 46.0 Å². The van der Waals surface area contributed by atoms with Crippen LogP contribution in [0.3, 0.4) is 0 Å². The SMILES string of the molecule is CC(=O)C(F)(F)F.Cc1cc(C#N)nc(-c2ccnc3cc(CN4C(=O)C5C(C4=O)C5(C)C)sc23)c1NC1CNC1. The molecule has 3 fully saturated rings. The molecule has 13 heteroatoms. The van der Waals surface area contributed by atoms with Gasteiger partial charge in [-0.05, 0) is 36.1 Å². The number of nitrogens with one attached hydrogen (secondary N) is 2. The Kier molecular flexibility index (Phi) is 7.11. The first-order chi connectivity index (χ1) is 19.2. The minimum absolute atomic E-state index is 0.0646. The molecule has 2 aliphatic heterocycles. The maximum absolute atomic E-state index is 12.8. The highest BCUT2D eigenvalue weighted by Crippen LogP contribution is 2.63. The van der Waals surface area contributed by atoms with Crippen molar-refractivity contribution in [3.8, 4) is 17.3 Å². The number of rotatable bonds is 5. The highest BCUT2D eigenvalue weighted by Gasteiger charge is 2.72. The average Bonchev–Trinajstić information content (AvgIpc) is 3.11. The monoisotopic (exact) mass is 584 g/mol. The number of halogens is 3. The molecule has 3 aromatic rings. The number of carbonyl (C=O) groups is 3. The van der Waals surface area contributed by atoms with E-state index in [-0.39, 0.29) is 35.6 Å². The summed E-state index contributed by atoms with van der Waals surface area (Å²) in [7, 11) is 0. The van der Waals surface area contributed by atoms with E-state index in [4.69, 9.17) is 0 Å². The fourth-order valence-corrected chi connectivity index (χ4v) is 6.39. The van der Waals surface area contributed by atoms with E-state index >= 15 is 0 Å². The molecule has 0 aromatic carbocycles. The second-order valence-electron chi connectivity index (χ2n) is 11.0. The quantitative estimate of drug-likeness (QED) is 0.427. The van der Waals surface area contributed by atoms with Gasteiger partial charge in [0.25, 0.3) is 0 Å². The number of ketones is 1. The number of anilines is 1. The molecule has 1 aliphatic carbocycles. The lowest BCUT2D eigenvalue weighted by molar-refractivity contribution is -0.168. The van der Waals surface area contributed by atoms with Crippen LogP contribution in [0.4, 0.5) is 18.9 Å². The maximum Gasteiger partial charge on any atom is 0.449 e. The topological polar surface area (TPSA) is 128 Å². The van der Waals surface area contributed by atoms with Crippen molar-refractivity contribution < 1.29 is 27.6 Å². The Morgan fingerprint density at radius 1 is 1.24 bits per heavy atom. The Morgan fingerprint density at radius 3 is 2.41 bits per heavy atom. The van der Waals surface area contributed by atoms with Crippen molar-refractivity contribution in [2.45, 2.75) is 46.5 Å². The minimum Gasteiger partial charge on any atom is -0.378 e. The van der Waals surface area contributed by atoms with Gasteiger partial charge in [-0.25, -0.2) is 4.98 Å². The maximum atomic E-state index is 12.8. The van der Waals surface area contributed by atoms with Gasteiger partial charge in [0.2, 0.25) is 17.6 Å². The molecule has 1 saturated carbocycles. The first kappa shape index (κ1) is 28.6. The lowest BCUT2D eigenvalue weighted by atomic mass is 10.0. The van der Waals surface area contributed by atoms with Gasteiger partial charge < -0.3 is 10.6 Å².